The van der Waals surface area contributed by atoms with Crippen LogP contribution in [0.5, 0.6) is 0 Å². The minimum atomic E-state index is -1.10. The zero-order valence-corrected chi connectivity index (χ0v) is 16.4. The Morgan fingerprint density at radius 1 is 1.27 bits per heavy atom. The zero-order valence-electron chi connectivity index (χ0n) is 16.4. The summed E-state index contributed by atoms with van der Waals surface area (Å²) in [5.41, 5.74) is 0.742. The summed E-state index contributed by atoms with van der Waals surface area (Å²) in [6.45, 7) is 1.47. The first-order valence-corrected chi connectivity index (χ1v) is 9.70. The highest BCUT2D eigenvalue weighted by Crippen LogP contribution is 2.68. The summed E-state index contributed by atoms with van der Waals surface area (Å²) in [6, 6.07) is 4.95. The smallest absolute Gasteiger partial charge is 0.209 e. The predicted molar refractivity (Wildman–Crippen MR) is 107 cm³/mol. The van der Waals surface area contributed by atoms with Crippen LogP contribution >= 0.6 is 0 Å². The highest BCUT2D eigenvalue weighted by molar-refractivity contribution is 5.88. The van der Waals surface area contributed by atoms with E-state index in [4.69, 9.17) is 0 Å². The number of rotatable bonds is 3. The molecule has 0 spiro atoms. The summed E-state index contributed by atoms with van der Waals surface area (Å²) >= 11 is 0. The molecule has 30 heavy (non-hydrogen) atoms. The molecule has 5 rings (SSSR count). The van der Waals surface area contributed by atoms with E-state index in [0.29, 0.717) is 29.1 Å². The van der Waals surface area contributed by atoms with Gasteiger partial charge in [0.2, 0.25) is 5.82 Å². The van der Waals surface area contributed by atoms with Gasteiger partial charge >= 0.3 is 0 Å². The van der Waals surface area contributed by atoms with Crippen LogP contribution in [0.4, 0.5) is 5.82 Å². The Labute approximate surface area is 172 Å². The maximum atomic E-state index is 12.2. The standard InChI is InChI=1S/C21H20N6O3/c1-11(28)21-9-13(21)16(17(29)18(21)30)27-10-24-15-19(22-2)25-14(26-20(15)27)7-6-12-5-3-4-8-23-12/h3-5,8,10,13,16-18,29-30H,9H2,1-2H3,(H,22,25,26)/t13?,16-,17+,18?,21+/m1/s1. The third-order valence-electron chi connectivity index (χ3n) is 6.27. The molecular weight excluding hydrogens is 384 g/mol. The van der Waals surface area contributed by atoms with Gasteiger partial charge in [-0.05, 0) is 43.2 Å². The highest BCUT2D eigenvalue weighted by atomic mass is 16.3. The van der Waals surface area contributed by atoms with E-state index >= 15 is 0 Å². The summed E-state index contributed by atoms with van der Waals surface area (Å²) in [4.78, 5) is 29.7. The van der Waals surface area contributed by atoms with Crippen molar-refractivity contribution in [2.24, 2.45) is 11.3 Å². The van der Waals surface area contributed by atoms with Crippen molar-refractivity contribution >= 4 is 22.8 Å². The molecule has 5 atom stereocenters. The molecule has 0 aromatic carbocycles. The normalized spacial score (nSPS) is 29.2. The third kappa shape index (κ3) is 2.54. The van der Waals surface area contributed by atoms with Gasteiger partial charge in [0.1, 0.15) is 17.6 Å². The fourth-order valence-corrected chi connectivity index (χ4v) is 4.69. The lowest BCUT2D eigenvalue weighted by Gasteiger charge is -2.23. The summed E-state index contributed by atoms with van der Waals surface area (Å²) in [6.07, 6.45) is 1.59. The number of pyridine rings is 1. The summed E-state index contributed by atoms with van der Waals surface area (Å²) in [5, 5.41) is 24.3. The molecule has 2 fully saturated rings. The van der Waals surface area contributed by atoms with Crippen LogP contribution in [0.25, 0.3) is 11.2 Å². The van der Waals surface area contributed by atoms with Gasteiger partial charge in [-0.1, -0.05) is 6.07 Å². The summed E-state index contributed by atoms with van der Waals surface area (Å²) in [5.74, 6) is 6.38. The molecule has 0 aliphatic heterocycles. The molecule has 2 saturated carbocycles. The lowest BCUT2D eigenvalue weighted by Crippen LogP contribution is -2.36. The molecule has 3 aromatic rings. The average molecular weight is 404 g/mol. The van der Waals surface area contributed by atoms with Crippen LogP contribution in [0.3, 0.4) is 0 Å². The second-order valence-electron chi connectivity index (χ2n) is 7.77. The van der Waals surface area contributed by atoms with E-state index in [9.17, 15) is 15.0 Å². The average Bonchev–Trinajstić information content (AvgIpc) is 3.30. The number of carbonyl (C=O) groups is 1. The quantitative estimate of drug-likeness (QED) is 0.540. The monoisotopic (exact) mass is 404 g/mol. The van der Waals surface area contributed by atoms with Crippen molar-refractivity contribution in [3.05, 3.63) is 42.2 Å². The summed E-state index contributed by atoms with van der Waals surface area (Å²) in [7, 11) is 1.73. The van der Waals surface area contributed by atoms with E-state index in [1.54, 1.807) is 30.2 Å². The first-order chi connectivity index (χ1) is 14.5. The van der Waals surface area contributed by atoms with Gasteiger partial charge in [-0.2, -0.15) is 0 Å². The SMILES string of the molecule is CNc1nc(C#Cc2ccccn2)nc2c1ncn2[C@@H]1C2C[C@@]2(C(C)=O)C(O)[C@H]1O. The lowest BCUT2D eigenvalue weighted by molar-refractivity contribution is -0.128. The number of nitrogens with zero attached hydrogens (tertiary/aromatic N) is 5. The van der Waals surface area contributed by atoms with Crippen molar-refractivity contribution in [3.8, 4) is 11.8 Å². The number of Topliss-reactive ketones (excluding diaryl/α,β-unsaturated/α-hetero) is 1. The van der Waals surface area contributed by atoms with E-state index < -0.39 is 23.7 Å². The number of nitrogens with one attached hydrogen (secondary N) is 1. The number of aliphatic hydroxyl groups is 2. The minimum absolute atomic E-state index is 0.0987. The van der Waals surface area contributed by atoms with Crippen LogP contribution in [-0.4, -0.2) is 59.8 Å². The topological polar surface area (TPSA) is 126 Å². The Hall–Kier alpha value is -3.35. The Kier molecular flexibility index (Phi) is 4.10. The molecule has 0 saturated heterocycles. The van der Waals surface area contributed by atoms with Gasteiger partial charge < -0.3 is 20.1 Å². The largest absolute Gasteiger partial charge is 0.389 e. The number of imidazole rings is 1. The highest BCUT2D eigenvalue weighted by Gasteiger charge is 2.74. The van der Waals surface area contributed by atoms with Crippen molar-refractivity contribution in [2.45, 2.75) is 31.6 Å². The van der Waals surface area contributed by atoms with E-state index in [1.165, 1.54) is 6.92 Å². The molecule has 0 bridgehead atoms. The van der Waals surface area contributed by atoms with E-state index in [2.05, 4.69) is 37.1 Å². The number of carbonyl (C=O) groups excluding carboxylic acids is 1. The second kappa shape index (κ2) is 6.58. The second-order valence-corrected chi connectivity index (χ2v) is 7.77. The van der Waals surface area contributed by atoms with Crippen molar-refractivity contribution < 1.29 is 15.0 Å². The van der Waals surface area contributed by atoms with Crippen molar-refractivity contribution in [2.75, 3.05) is 12.4 Å². The molecule has 2 unspecified atom stereocenters. The van der Waals surface area contributed by atoms with E-state index in [1.807, 2.05) is 12.1 Å². The number of ketones is 1. The van der Waals surface area contributed by atoms with Crippen LogP contribution in [0.2, 0.25) is 0 Å². The summed E-state index contributed by atoms with van der Waals surface area (Å²) < 4.78 is 1.74. The molecule has 3 N–H and O–H groups in total. The lowest BCUT2D eigenvalue weighted by atomic mass is 9.95. The third-order valence-corrected chi connectivity index (χ3v) is 6.27. The van der Waals surface area contributed by atoms with Gasteiger partial charge in [-0.3, -0.25) is 4.79 Å². The van der Waals surface area contributed by atoms with Crippen LogP contribution < -0.4 is 5.32 Å². The maximum Gasteiger partial charge on any atom is 0.209 e. The van der Waals surface area contributed by atoms with Gasteiger partial charge in [-0.15, -0.1) is 0 Å². The van der Waals surface area contributed by atoms with E-state index in [0.717, 1.165) is 0 Å². The molecule has 3 aromatic heterocycles. The van der Waals surface area contributed by atoms with Crippen LogP contribution in [0, 0.1) is 23.2 Å². The molecule has 152 valence electrons. The fourth-order valence-electron chi connectivity index (χ4n) is 4.69. The Morgan fingerprint density at radius 3 is 2.77 bits per heavy atom. The van der Waals surface area contributed by atoms with Gasteiger partial charge in [0.25, 0.3) is 0 Å². The molecular formula is C21H20N6O3. The number of aromatic nitrogens is 5. The first kappa shape index (κ1) is 18.7. The first-order valence-electron chi connectivity index (χ1n) is 9.70. The number of fused-ring (bicyclic) bond motifs is 2. The fraction of sp³-hybridized carbons (Fsp3) is 0.381. The van der Waals surface area contributed by atoms with Crippen LogP contribution in [0.1, 0.15) is 30.9 Å². The number of aliphatic hydroxyl groups excluding tert-OH is 2. The van der Waals surface area contributed by atoms with Gasteiger partial charge in [0, 0.05) is 13.2 Å². The molecule has 0 radical (unpaired) electrons. The van der Waals surface area contributed by atoms with E-state index in [-0.39, 0.29) is 17.5 Å². The number of anilines is 1. The Balaban J connectivity index is 1.60. The minimum Gasteiger partial charge on any atom is -0.389 e. The Morgan fingerprint density at radius 2 is 2.10 bits per heavy atom. The molecule has 2 aliphatic carbocycles. The van der Waals surface area contributed by atoms with Gasteiger partial charge in [-0.25, -0.2) is 19.9 Å². The molecule has 0 amide bonds. The molecule has 3 heterocycles. The molecule has 2 aliphatic rings. The molecule has 9 nitrogen and oxygen atoms in total. The number of hydrogen-bond donors (Lipinski definition) is 3. The maximum absolute atomic E-state index is 12.2. The van der Waals surface area contributed by atoms with Crippen LogP contribution in [-0.2, 0) is 4.79 Å². The Bertz CT molecular complexity index is 1210. The molecule has 9 heteroatoms. The number of hydrogen-bond acceptors (Lipinski definition) is 8. The van der Waals surface area contributed by atoms with Crippen molar-refractivity contribution in [3.63, 3.8) is 0 Å². The predicted octanol–water partition coefficient (Wildman–Crippen LogP) is 0.535. The van der Waals surface area contributed by atoms with Crippen molar-refractivity contribution in [1.29, 1.82) is 0 Å². The zero-order chi connectivity index (χ0) is 21.0. The van der Waals surface area contributed by atoms with Crippen LogP contribution in [0.15, 0.2) is 30.7 Å². The van der Waals surface area contributed by atoms with Gasteiger partial charge in [0.15, 0.2) is 17.0 Å². The van der Waals surface area contributed by atoms with Gasteiger partial charge in [0.05, 0.1) is 23.9 Å². The van der Waals surface area contributed by atoms with Crippen molar-refractivity contribution in [1.82, 2.24) is 24.5 Å².